The molecule has 2 aromatic rings. The monoisotopic (exact) mass is 334 g/mol. The molecule has 0 amide bonds. The Bertz CT molecular complexity index is 638. The van der Waals surface area contributed by atoms with E-state index in [0.29, 0.717) is 11.3 Å². The number of halogens is 1. The van der Waals surface area contributed by atoms with Crippen LogP contribution in [0.2, 0.25) is 5.15 Å². The van der Waals surface area contributed by atoms with Crippen LogP contribution in [0.4, 0.5) is 0 Å². The lowest BCUT2D eigenvalue weighted by molar-refractivity contribution is 0.0674. The van der Waals surface area contributed by atoms with Gasteiger partial charge >= 0.3 is 0 Å². The van der Waals surface area contributed by atoms with Crippen LogP contribution in [-0.4, -0.2) is 38.9 Å². The van der Waals surface area contributed by atoms with E-state index in [4.69, 9.17) is 16.3 Å². The van der Waals surface area contributed by atoms with E-state index in [2.05, 4.69) is 21.0 Å². The van der Waals surface area contributed by atoms with Gasteiger partial charge in [-0.25, -0.2) is 0 Å². The molecule has 0 bridgehead atoms. The molecule has 6 heteroatoms. The maximum absolute atomic E-state index is 6.40. The zero-order valence-corrected chi connectivity index (χ0v) is 14.5. The molecule has 1 saturated heterocycles. The van der Waals surface area contributed by atoms with E-state index in [1.807, 2.05) is 32.3 Å². The average molecular weight is 335 g/mol. The zero-order valence-electron chi connectivity index (χ0n) is 13.7. The van der Waals surface area contributed by atoms with Gasteiger partial charge in [-0.15, -0.1) is 0 Å². The molecule has 1 atom stereocenters. The molecule has 3 heterocycles. The molecule has 124 valence electrons. The predicted molar refractivity (Wildman–Crippen MR) is 90.3 cm³/mol. The standard InChI is InChI=1S/C17H23ClN4O/c1-13-16(17(18)21(2)20-13)12-22(11-15-7-5-9-23-15)10-14-6-3-4-8-19-14/h3-4,6,8,15H,5,7,9-12H2,1-2H3. The largest absolute Gasteiger partial charge is 0.377 e. The number of aryl methyl sites for hydroxylation is 2. The smallest absolute Gasteiger partial charge is 0.131 e. The molecule has 0 spiro atoms. The molecule has 0 aliphatic carbocycles. The van der Waals surface area contributed by atoms with Crippen molar-refractivity contribution < 1.29 is 4.74 Å². The number of rotatable bonds is 6. The van der Waals surface area contributed by atoms with Gasteiger partial charge in [0.05, 0.1) is 17.5 Å². The van der Waals surface area contributed by atoms with E-state index in [-0.39, 0.29) is 0 Å². The lowest BCUT2D eigenvalue weighted by Crippen LogP contribution is -2.32. The summed E-state index contributed by atoms with van der Waals surface area (Å²) in [5.74, 6) is 0. The Kier molecular flexibility index (Phi) is 5.30. The molecule has 0 saturated carbocycles. The van der Waals surface area contributed by atoms with Crippen molar-refractivity contribution in [2.75, 3.05) is 13.2 Å². The van der Waals surface area contributed by atoms with E-state index >= 15 is 0 Å². The van der Waals surface area contributed by atoms with Crippen molar-refractivity contribution in [3.63, 3.8) is 0 Å². The minimum atomic E-state index is 0.300. The molecular weight excluding hydrogens is 312 g/mol. The zero-order chi connectivity index (χ0) is 16.2. The molecule has 0 N–H and O–H groups in total. The summed E-state index contributed by atoms with van der Waals surface area (Å²) >= 11 is 6.40. The highest BCUT2D eigenvalue weighted by atomic mass is 35.5. The van der Waals surface area contributed by atoms with E-state index in [1.165, 1.54) is 0 Å². The molecule has 2 aromatic heterocycles. The number of hydrogen-bond acceptors (Lipinski definition) is 4. The molecule has 0 aromatic carbocycles. The third kappa shape index (κ3) is 4.10. The first kappa shape index (κ1) is 16.4. The summed E-state index contributed by atoms with van der Waals surface area (Å²) in [6.45, 7) is 5.31. The Morgan fingerprint density at radius 2 is 2.26 bits per heavy atom. The molecule has 1 aliphatic rings. The van der Waals surface area contributed by atoms with E-state index < -0.39 is 0 Å². The van der Waals surface area contributed by atoms with Gasteiger partial charge in [0.2, 0.25) is 0 Å². The molecule has 1 aliphatic heterocycles. The van der Waals surface area contributed by atoms with Crippen LogP contribution in [0.3, 0.4) is 0 Å². The second kappa shape index (κ2) is 7.43. The van der Waals surface area contributed by atoms with Crippen molar-refractivity contribution in [3.8, 4) is 0 Å². The van der Waals surface area contributed by atoms with Gasteiger partial charge < -0.3 is 4.74 Å². The molecule has 3 rings (SSSR count). The fourth-order valence-electron chi connectivity index (χ4n) is 3.06. The summed E-state index contributed by atoms with van der Waals surface area (Å²) in [7, 11) is 1.88. The first-order valence-corrected chi connectivity index (χ1v) is 8.43. The van der Waals surface area contributed by atoms with E-state index in [1.54, 1.807) is 4.68 Å². The Hall–Kier alpha value is -1.43. The number of hydrogen-bond donors (Lipinski definition) is 0. The minimum Gasteiger partial charge on any atom is -0.377 e. The molecule has 1 fully saturated rings. The maximum Gasteiger partial charge on any atom is 0.131 e. The van der Waals surface area contributed by atoms with Gasteiger partial charge in [0.15, 0.2) is 0 Å². The molecule has 1 unspecified atom stereocenters. The first-order valence-electron chi connectivity index (χ1n) is 8.05. The van der Waals surface area contributed by atoms with Crippen LogP contribution >= 0.6 is 11.6 Å². The van der Waals surface area contributed by atoms with Crippen LogP contribution in [0.1, 0.15) is 29.8 Å². The summed E-state index contributed by atoms with van der Waals surface area (Å²) in [6.07, 6.45) is 4.41. The topological polar surface area (TPSA) is 43.2 Å². The quantitative estimate of drug-likeness (QED) is 0.814. The number of aromatic nitrogens is 3. The van der Waals surface area contributed by atoms with Crippen molar-refractivity contribution in [1.29, 1.82) is 0 Å². The minimum absolute atomic E-state index is 0.300. The van der Waals surface area contributed by atoms with Crippen LogP contribution in [0.25, 0.3) is 0 Å². The number of nitrogens with zero attached hydrogens (tertiary/aromatic N) is 4. The van der Waals surface area contributed by atoms with Crippen LogP contribution in [0.15, 0.2) is 24.4 Å². The van der Waals surface area contributed by atoms with Crippen molar-refractivity contribution >= 4 is 11.6 Å². The number of ether oxygens (including phenoxy) is 1. The van der Waals surface area contributed by atoms with Crippen LogP contribution in [0.5, 0.6) is 0 Å². The Morgan fingerprint density at radius 1 is 1.39 bits per heavy atom. The maximum atomic E-state index is 6.40. The van der Waals surface area contributed by atoms with Crippen molar-refractivity contribution in [2.24, 2.45) is 7.05 Å². The van der Waals surface area contributed by atoms with Gasteiger partial charge in [0, 0.05) is 45.0 Å². The normalized spacial score (nSPS) is 18.0. The van der Waals surface area contributed by atoms with Crippen molar-refractivity contribution in [1.82, 2.24) is 19.7 Å². The highest BCUT2D eigenvalue weighted by Gasteiger charge is 2.22. The summed E-state index contributed by atoms with van der Waals surface area (Å²) < 4.78 is 7.54. The summed E-state index contributed by atoms with van der Waals surface area (Å²) in [5, 5.41) is 5.12. The van der Waals surface area contributed by atoms with Crippen LogP contribution in [-0.2, 0) is 24.9 Å². The highest BCUT2D eigenvalue weighted by Crippen LogP contribution is 2.23. The predicted octanol–water partition coefficient (Wildman–Crippen LogP) is 2.96. The van der Waals surface area contributed by atoms with Gasteiger partial charge in [-0.1, -0.05) is 17.7 Å². The first-order chi connectivity index (χ1) is 11.1. The lowest BCUT2D eigenvalue weighted by Gasteiger charge is -2.25. The van der Waals surface area contributed by atoms with E-state index in [0.717, 1.165) is 56.0 Å². The Labute approximate surface area is 142 Å². The summed E-state index contributed by atoms with van der Waals surface area (Å²) in [5.41, 5.74) is 3.13. The van der Waals surface area contributed by atoms with E-state index in [9.17, 15) is 0 Å². The number of pyridine rings is 1. The Morgan fingerprint density at radius 3 is 2.87 bits per heavy atom. The van der Waals surface area contributed by atoms with Gasteiger partial charge in [-0.05, 0) is 31.9 Å². The third-order valence-electron chi connectivity index (χ3n) is 4.25. The summed E-state index contributed by atoms with van der Waals surface area (Å²) in [6, 6.07) is 6.02. The third-order valence-corrected chi connectivity index (χ3v) is 4.72. The SMILES string of the molecule is Cc1nn(C)c(Cl)c1CN(Cc1ccccn1)CC1CCCO1. The highest BCUT2D eigenvalue weighted by molar-refractivity contribution is 6.30. The Balaban J connectivity index is 1.76. The van der Waals surface area contributed by atoms with Crippen LogP contribution < -0.4 is 0 Å². The fourth-order valence-corrected chi connectivity index (χ4v) is 3.29. The second-order valence-electron chi connectivity index (χ2n) is 6.10. The van der Waals surface area contributed by atoms with Gasteiger partial charge in [0.25, 0.3) is 0 Å². The molecule has 5 nitrogen and oxygen atoms in total. The lowest BCUT2D eigenvalue weighted by atomic mass is 10.2. The van der Waals surface area contributed by atoms with Crippen molar-refractivity contribution in [2.45, 2.75) is 39.0 Å². The fraction of sp³-hybridized carbons (Fsp3) is 0.529. The van der Waals surface area contributed by atoms with Gasteiger partial charge in [-0.3, -0.25) is 14.6 Å². The van der Waals surface area contributed by atoms with Crippen LogP contribution in [0, 0.1) is 6.92 Å². The van der Waals surface area contributed by atoms with Gasteiger partial charge in [0.1, 0.15) is 5.15 Å². The second-order valence-corrected chi connectivity index (χ2v) is 6.46. The van der Waals surface area contributed by atoms with Crippen molar-refractivity contribution in [3.05, 3.63) is 46.5 Å². The average Bonchev–Trinajstić information content (AvgIpc) is 3.12. The molecular formula is C17H23ClN4O. The molecule has 0 radical (unpaired) electrons. The summed E-state index contributed by atoms with van der Waals surface area (Å²) in [4.78, 5) is 6.80. The molecule has 23 heavy (non-hydrogen) atoms. The van der Waals surface area contributed by atoms with Gasteiger partial charge in [-0.2, -0.15) is 5.10 Å².